The SMILES string of the molecule is C/C(C=Nc1ccc(C(=O)O)cc1)=C(/N)C(F)F.C/C=C(\N=C(c1ccnc(NCC(F)(F)F)c1)C1CCC1)C(=O)CCC. The molecule has 1 saturated carbocycles. The molecule has 0 saturated heterocycles. The molecular formula is C31H36F5N5O3. The summed E-state index contributed by atoms with van der Waals surface area (Å²) in [5.74, 6) is -0.689. The summed E-state index contributed by atoms with van der Waals surface area (Å²) in [6, 6.07) is 9.01. The van der Waals surface area contributed by atoms with Gasteiger partial charge in [-0.3, -0.25) is 9.79 Å². The molecule has 1 aliphatic rings. The van der Waals surface area contributed by atoms with Gasteiger partial charge in [-0.15, -0.1) is 0 Å². The largest absolute Gasteiger partial charge is 0.478 e. The zero-order valence-corrected chi connectivity index (χ0v) is 24.7. The zero-order chi connectivity index (χ0) is 32.9. The van der Waals surface area contributed by atoms with Gasteiger partial charge in [0.15, 0.2) is 5.78 Å². The number of nitrogens with one attached hydrogen (secondary N) is 1. The molecule has 44 heavy (non-hydrogen) atoms. The second kappa shape index (κ2) is 17.0. The lowest BCUT2D eigenvalue weighted by Crippen LogP contribution is -2.25. The van der Waals surface area contributed by atoms with Crippen molar-refractivity contribution in [1.82, 2.24) is 4.98 Å². The van der Waals surface area contributed by atoms with Crippen molar-refractivity contribution < 1.29 is 36.6 Å². The molecule has 8 nitrogen and oxygen atoms in total. The van der Waals surface area contributed by atoms with Gasteiger partial charge in [0.25, 0.3) is 6.43 Å². The highest BCUT2D eigenvalue weighted by Gasteiger charge is 2.28. The molecule has 0 atom stereocenters. The number of carboxylic acid groups (broad SMARTS) is 1. The summed E-state index contributed by atoms with van der Waals surface area (Å²) in [6.07, 6.45) is 1.53. The van der Waals surface area contributed by atoms with Crippen LogP contribution in [0.5, 0.6) is 0 Å². The number of carboxylic acids is 1. The van der Waals surface area contributed by atoms with Crippen molar-refractivity contribution in [1.29, 1.82) is 0 Å². The Labute approximate surface area is 252 Å². The van der Waals surface area contributed by atoms with E-state index in [4.69, 9.17) is 10.8 Å². The summed E-state index contributed by atoms with van der Waals surface area (Å²) in [7, 11) is 0. The van der Waals surface area contributed by atoms with E-state index in [0.717, 1.165) is 31.4 Å². The van der Waals surface area contributed by atoms with E-state index < -0.39 is 30.8 Å². The van der Waals surface area contributed by atoms with Gasteiger partial charge >= 0.3 is 12.1 Å². The predicted octanol–water partition coefficient (Wildman–Crippen LogP) is 7.50. The second-order valence-corrected chi connectivity index (χ2v) is 9.92. The first-order valence-electron chi connectivity index (χ1n) is 13.9. The Balaban J connectivity index is 0.000000329. The molecule has 0 aliphatic heterocycles. The average Bonchev–Trinajstić information content (AvgIpc) is 2.95. The number of benzene rings is 1. The number of carbonyl (C=O) groups is 2. The topological polar surface area (TPSA) is 130 Å². The van der Waals surface area contributed by atoms with Crippen LogP contribution in [-0.2, 0) is 4.79 Å². The summed E-state index contributed by atoms with van der Waals surface area (Å²) < 4.78 is 61.7. The fourth-order valence-electron chi connectivity index (χ4n) is 3.83. The lowest BCUT2D eigenvalue weighted by Gasteiger charge is -2.27. The molecule has 1 heterocycles. The van der Waals surface area contributed by atoms with Crippen LogP contribution in [0, 0.1) is 5.92 Å². The molecule has 1 aromatic carbocycles. The summed E-state index contributed by atoms with van der Waals surface area (Å²) in [5, 5.41) is 11.0. The molecule has 238 valence electrons. The fourth-order valence-corrected chi connectivity index (χ4v) is 3.83. The monoisotopic (exact) mass is 621 g/mol. The number of pyridine rings is 1. The maximum Gasteiger partial charge on any atom is 0.405 e. The molecule has 0 amide bonds. The average molecular weight is 622 g/mol. The molecule has 0 bridgehead atoms. The minimum atomic E-state index is -4.31. The second-order valence-electron chi connectivity index (χ2n) is 9.92. The number of nitrogens with two attached hydrogens (primary N) is 1. The lowest BCUT2D eigenvalue weighted by molar-refractivity contribution is -0.116. The Kier molecular flexibility index (Phi) is 13.8. The summed E-state index contributed by atoms with van der Waals surface area (Å²) >= 11 is 0. The van der Waals surface area contributed by atoms with Crippen molar-refractivity contribution in [2.24, 2.45) is 21.6 Å². The number of alkyl halides is 5. The first-order chi connectivity index (χ1) is 20.7. The van der Waals surface area contributed by atoms with E-state index in [0.29, 0.717) is 23.4 Å². The van der Waals surface area contributed by atoms with E-state index in [9.17, 15) is 31.5 Å². The van der Waals surface area contributed by atoms with E-state index in [2.05, 4.69) is 20.3 Å². The van der Waals surface area contributed by atoms with E-state index in [1.54, 1.807) is 25.1 Å². The van der Waals surface area contributed by atoms with Crippen LogP contribution in [0.4, 0.5) is 33.5 Å². The van der Waals surface area contributed by atoms with Gasteiger partial charge in [-0.05, 0) is 75.1 Å². The fraction of sp³-hybridized carbons (Fsp3) is 0.387. The Morgan fingerprint density at radius 1 is 1.16 bits per heavy atom. The molecule has 1 aromatic heterocycles. The molecule has 3 rings (SSSR count). The van der Waals surface area contributed by atoms with Crippen LogP contribution in [0.1, 0.15) is 68.8 Å². The van der Waals surface area contributed by atoms with Crippen molar-refractivity contribution in [3.05, 3.63) is 76.8 Å². The van der Waals surface area contributed by atoms with E-state index >= 15 is 0 Å². The van der Waals surface area contributed by atoms with Gasteiger partial charge in [0.1, 0.15) is 18.1 Å². The maximum atomic E-state index is 12.4. The zero-order valence-electron chi connectivity index (χ0n) is 24.7. The molecular weight excluding hydrogens is 585 g/mol. The van der Waals surface area contributed by atoms with Crippen LogP contribution in [0.15, 0.2) is 75.6 Å². The first-order valence-corrected chi connectivity index (χ1v) is 13.9. The number of halogens is 5. The summed E-state index contributed by atoms with van der Waals surface area (Å²) in [5.41, 5.74) is 7.26. The van der Waals surface area contributed by atoms with E-state index in [1.807, 2.05) is 6.92 Å². The van der Waals surface area contributed by atoms with Crippen molar-refractivity contribution in [2.75, 3.05) is 11.9 Å². The number of nitrogens with zero attached hydrogens (tertiary/aromatic N) is 3. The number of anilines is 1. The molecule has 0 radical (unpaired) electrons. The van der Waals surface area contributed by atoms with Crippen molar-refractivity contribution >= 4 is 35.2 Å². The predicted molar refractivity (Wildman–Crippen MR) is 161 cm³/mol. The number of carbonyl (C=O) groups excluding carboxylic acids is 1. The number of hydrogen-bond donors (Lipinski definition) is 3. The number of aromatic nitrogens is 1. The highest BCUT2D eigenvalue weighted by molar-refractivity contribution is 6.07. The number of ketones is 1. The van der Waals surface area contributed by atoms with Gasteiger partial charge in [-0.25, -0.2) is 23.6 Å². The maximum absolute atomic E-state index is 12.4. The number of aromatic carboxylic acids is 1. The van der Waals surface area contributed by atoms with E-state index in [1.165, 1.54) is 43.6 Å². The van der Waals surface area contributed by atoms with Crippen LogP contribution >= 0.6 is 0 Å². The van der Waals surface area contributed by atoms with Crippen molar-refractivity contribution in [2.45, 2.75) is 65.5 Å². The highest BCUT2D eigenvalue weighted by atomic mass is 19.4. The van der Waals surface area contributed by atoms with Crippen LogP contribution in [-0.4, -0.2) is 52.9 Å². The number of Topliss-reactive ketones (excluding diaryl/α,β-unsaturated/α-hetero) is 1. The van der Waals surface area contributed by atoms with E-state index in [-0.39, 0.29) is 28.7 Å². The quantitative estimate of drug-likeness (QED) is 0.128. The Morgan fingerprint density at radius 2 is 1.82 bits per heavy atom. The van der Waals surface area contributed by atoms with Gasteiger partial charge in [0.2, 0.25) is 0 Å². The van der Waals surface area contributed by atoms with Gasteiger partial charge in [-0.1, -0.05) is 19.4 Å². The highest BCUT2D eigenvalue weighted by Crippen LogP contribution is 2.32. The lowest BCUT2D eigenvalue weighted by atomic mass is 9.79. The van der Waals surface area contributed by atoms with Gasteiger partial charge in [0, 0.05) is 30.3 Å². The molecule has 0 unspecified atom stereocenters. The van der Waals surface area contributed by atoms with Crippen molar-refractivity contribution in [3.8, 4) is 0 Å². The van der Waals surface area contributed by atoms with Crippen LogP contribution in [0.2, 0.25) is 0 Å². The van der Waals surface area contributed by atoms with Crippen LogP contribution in [0.3, 0.4) is 0 Å². The molecule has 4 N–H and O–H groups in total. The number of allylic oxidation sites excluding steroid dienone is 4. The van der Waals surface area contributed by atoms with Gasteiger partial charge < -0.3 is 16.2 Å². The minimum absolute atomic E-state index is 0.0173. The third-order valence-corrected chi connectivity index (χ3v) is 6.51. The molecule has 1 fully saturated rings. The van der Waals surface area contributed by atoms with Gasteiger partial charge in [-0.2, -0.15) is 13.2 Å². The van der Waals surface area contributed by atoms with Gasteiger partial charge in [0.05, 0.1) is 22.7 Å². The van der Waals surface area contributed by atoms with Crippen LogP contribution < -0.4 is 11.1 Å². The molecule has 0 spiro atoms. The Bertz CT molecular complexity index is 1400. The normalized spacial score (nSPS) is 14.9. The number of aliphatic imine (C=N–C) groups is 2. The standard InChI is InChI=1S/C19H24F3N3O.C12H12F2N2O2/c1-3-6-16(26)15(4-2)25-18(13-7-5-8-13)14-9-10-23-17(11-14)24-12-19(20,21)22;1-7(10(15)11(13)14)6-16-9-4-2-8(3-5-9)12(17)18/h4,9-11,13H,3,5-8,12H2,1-2H3,(H,23,24);2-6,11H,15H2,1H3,(H,17,18)/b15-4-,25-18?;10-7-,16-6?. The Hall–Kier alpha value is -4.42. The van der Waals surface area contributed by atoms with Crippen LogP contribution in [0.25, 0.3) is 0 Å². The third-order valence-electron chi connectivity index (χ3n) is 6.51. The minimum Gasteiger partial charge on any atom is -0.478 e. The first kappa shape index (κ1) is 35.8. The molecule has 13 heteroatoms. The van der Waals surface area contributed by atoms with Crippen molar-refractivity contribution in [3.63, 3.8) is 0 Å². The Morgan fingerprint density at radius 3 is 2.32 bits per heavy atom. The smallest absolute Gasteiger partial charge is 0.405 e. The number of hydrogen-bond acceptors (Lipinski definition) is 7. The molecule has 2 aromatic rings. The third kappa shape index (κ3) is 11.7. The summed E-state index contributed by atoms with van der Waals surface area (Å²) in [4.78, 5) is 35.3. The number of rotatable bonds is 12. The molecule has 1 aliphatic carbocycles. The summed E-state index contributed by atoms with van der Waals surface area (Å²) in [6.45, 7) is 3.99.